The van der Waals surface area contributed by atoms with Gasteiger partial charge in [0.2, 0.25) is 12.7 Å². The van der Waals surface area contributed by atoms with Crippen LogP contribution < -0.4 is 14.8 Å². The van der Waals surface area contributed by atoms with Crippen molar-refractivity contribution in [2.45, 2.75) is 6.42 Å². The molecule has 0 fully saturated rings. The van der Waals surface area contributed by atoms with E-state index in [9.17, 15) is 13.2 Å². The van der Waals surface area contributed by atoms with Crippen molar-refractivity contribution in [3.63, 3.8) is 0 Å². The second-order valence-corrected chi connectivity index (χ2v) is 6.98. The molecule has 1 aliphatic heterocycles. The van der Waals surface area contributed by atoms with Crippen LogP contribution in [0.1, 0.15) is 12.0 Å². The molecule has 0 aliphatic carbocycles. The van der Waals surface area contributed by atoms with Gasteiger partial charge in [0.1, 0.15) is 9.84 Å². The highest BCUT2D eigenvalue weighted by atomic mass is 32.2. The van der Waals surface area contributed by atoms with Gasteiger partial charge in [-0.15, -0.1) is 0 Å². The lowest BCUT2D eigenvalue weighted by molar-refractivity contribution is -0.116. The number of benzene rings is 1. The lowest BCUT2D eigenvalue weighted by Crippen LogP contribution is -2.23. The van der Waals surface area contributed by atoms with Crippen LogP contribution in [0.2, 0.25) is 0 Å². The highest BCUT2D eigenvalue weighted by Gasteiger charge is 2.12. The van der Waals surface area contributed by atoms with E-state index in [0.29, 0.717) is 24.5 Å². The third-order valence-electron chi connectivity index (χ3n) is 2.81. The van der Waals surface area contributed by atoms with Crippen molar-refractivity contribution in [3.05, 3.63) is 29.8 Å². The molecular weight excluding hydrogens is 294 g/mol. The highest BCUT2D eigenvalue weighted by molar-refractivity contribution is 7.90. The Balaban J connectivity index is 1.79. The number of carbonyl (C=O) groups excluding carboxylic acids is 1. The molecule has 1 N–H and O–H groups in total. The minimum Gasteiger partial charge on any atom is -0.454 e. The average molecular weight is 311 g/mol. The van der Waals surface area contributed by atoms with E-state index in [1.165, 1.54) is 12.3 Å². The molecule has 0 atom stereocenters. The van der Waals surface area contributed by atoms with E-state index >= 15 is 0 Å². The third kappa shape index (κ3) is 5.11. The van der Waals surface area contributed by atoms with Gasteiger partial charge in [0.15, 0.2) is 11.5 Å². The molecule has 114 valence electrons. The molecule has 1 heterocycles. The van der Waals surface area contributed by atoms with Crippen LogP contribution in [0.25, 0.3) is 6.08 Å². The van der Waals surface area contributed by atoms with Crippen molar-refractivity contribution >= 4 is 21.8 Å². The monoisotopic (exact) mass is 311 g/mol. The fourth-order valence-corrected chi connectivity index (χ4v) is 2.46. The highest BCUT2D eigenvalue weighted by Crippen LogP contribution is 2.32. The van der Waals surface area contributed by atoms with E-state index in [4.69, 9.17) is 9.47 Å². The van der Waals surface area contributed by atoms with Crippen LogP contribution >= 0.6 is 0 Å². The summed E-state index contributed by atoms with van der Waals surface area (Å²) in [6.07, 6.45) is 4.64. The summed E-state index contributed by atoms with van der Waals surface area (Å²) in [5.41, 5.74) is 0.825. The topological polar surface area (TPSA) is 81.7 Å². The minimum atomic E-state index is -2.98. The Labute approximate surface area is 123 Å². The summed E-state index contributed by atoms with van der Waals surface area (Å²) in [7, 11) is -2.98. The van der Waals surface area contributed by atoms with Crippen LogP contribution in [-0.2, 0) is 14.6 Å². The Morgan fingerprint density at radius 1 is 1.33 bits per heavy atom. The Morgan fingerprint density at radius 2 is 2.10 bits per heavy atom. The predicted molar refractivity (Wildman–Crippen MR) is 78.9 cm³/mol. The fraction of sp³-hybridized carbons (Fsp3) is 0.357. The Bertz CT molecular complexity index is 651. The van der Waals surface area contributed by atoms with E-state index < -0.39 is 9.84 Å². The molecule has 1 aromatic carbocycles. The molecule has 0 aromatic heterocycles. The molecule has 0 spiro atoms. The Hall–Kier alpha value is -2.02. The van der Waals surface area contributed by atoms with Crippen LogP contribution in [0, 0.1) is 0 Å². The van der Waals surface area contributed by atoms with Crippen LogP contribution in [-0.4, -0.2) is 39.7 Å². The van der Waals surface area contributed by atoms with Gasteiger partial charge in [-0.2, -0.15) is 0 Å². The number of rotatable bonds is 6. The van der Waals surface area contributed by atoms with E-state index in [0.717, 1.165) is 5.56 Å². The molecule has 1 aliphatic rings. The molecule has 0 unspecified atom stereocenters. The van der Waals surface area contributed by atoms with Crippen molar-refractivity contribution < 1.29 is 22.7 Å². The zero-order chi connectivity index (χ0) is 15.3. The normalized spacial score (nSPS) is 13.6. The molecule has 6 nitrogen and oxygen atoms in total. The van der Waals surface area contributed by atoms with Crippen LogP contribution in [0.15, 0.2) is 24.3 Å². The second-order valence-electron chi connectivity index (χ2n) is 4.72. The molecule has 1 amide bonds. The minimum absolute atomic E-state index is 0.0686. The summed E-state index contributed by atoms with van der Waals surface area (Å²) in [6.45, 7) is 0.542. The van der Waals surface area contributed by atoms with E-state index in [2.05, 4.69) is 5.32 Å². The number of hydrogen-bond acceptors (Lipinski definition) is 5. The molecule has 0 bridgehead atoms. The second kappa shape index (κ2) is 6.62. The van der Waals surface area contributed by atoms with Gasteiger partial charge in [-0.25, -0.2) is 8.42 Å². The summed E-state index contributed by atoms with van der Waals surface area (Å²) in [4.78, 5) is 11.6. The smallest absolute Gasteiger partial charge is 0.243 e. The van der Waals surface area contributed by atoms with Crippen molar-refractivity contribution in [1.29, 1.82) is 0 Å². The van der Waals surface area contributed by atoms with Crippen molar-refractivity contribution in [2.75, 3.05) is 25.3 Å². The first kappa shape index (κ1) is 15.4. The maximum atomic E-state index is 11.6. The van der Waals surface area contributed by atoms with E-state index in [1.807, 2.05) is 6.07 Å². The average Bonchev–Trinajstić information content (AvgIpc) is 2.87. The summed E-state index contributed by atoms with van der Waals surface area (Å²) < 4.78 is 32.3. The predicted octanol–water partition coefficient (Wildman–Crippen LogP) is 0.979. The first-order valence-corrected chi connectivity index (χ1v) is 8.53. The molecular formula is C14H17NO5S. The van der Waals surface area contributed by atoms with Gasteiger partial charge >= 0.3 is 0 Å². The van der Waals surface area contributed by atoms with Crippen molar-refractivity contribution in [2.24, 2.45) is 0 Å². The first-order chi connectivity index (χ1) is 9.94. The lowest BCUT2D eigenvalue weighted by Gasteiger charge is -2.01. The number of fused-ring (bicyclic) bond motifs is 1. The SMILES string of the molecule is CS(=O)(=O)CCCNC(=O)C=Cc1ccc2c(c1)OCO2. The van der Waals surface area contributed by atoms with Crippen molar-refractivity contribution in [1.82, 2.24) is 5.32 Å². The largest absolute Gasteiger partial charge is 0.454 e. The molecule has 0 saturated heterocycles. The molecule has 7 heteroatoms. The van der Waals surface area contributed by atoms with Gasteiger partial charge in [-0.05, 0) is 30.2 Å². The number of hydrogen-bond donors (Lipinski definition) is 1. The van der Waals surface area contributed by atoms with Gasteiger partial charge in [0.05, 0.1) is 5.75 Å². The summed E-state index contributed by atoms with van der Waals surface area (Å²) in [6, 6.07) is 5.39. The van der Waals surface area contributed by atoms with Crippen molar-refractivity contribution in [3.8, 4) is 11.5 Å². The fourth-order valence-electron chi connectivity index (χ4n) is 1.79. The van der Waals surface area contributed by atoms with Crippen LogP contribution in [0.3, 0.4) is 0 Å². The van der Waals surface area contributed by atoms with Gasteiger partial charge in [0, 0.05) is 18.9 Å². The van der Waals surface area contributed by atoms with Gasteiger partial charge in [-0.3, -0.25) is 4.79 Å². The Morgan fingerprint density at radius 3 is 2.86 bits per heavy atom. The zero-order valence-electron chi connectivity index (χ0n) is 11.7. The summed E-state index contributed by atoms with van der Waals surface area (Å²) in [5, 5.41) is 2.63. The summed E-state index contributed by atoms with van der Waals surface area (Å²) >= 11 is 0. The maximum absolute atomic E-state index is 11.6. The zero-order valence-corrected chi connectivity index (χ0v) is 12.5. The number of carbonyl (C=O) groups is 1. The number of amides is 1. The molecule has 0 radical (unpaired) electrons. The van der Waals surface area contributed by atoms with Crippen LogP contribution in [0.4, 0.5) is 0 Å². The van der Waals surface area contributed by atoms with Gasteiger partial charge < -0.3 is 14.8 Å². The number of nitrogens with one attached hydrogen (secondary N) is 1. The lowest BCUT2D eigenvalue weighted by atomic mass is 10.2. The first-order valence-electron chi connectivity index (χ1n) is 6.47. The van der Waals surface area contributed by atoms with E-state index in [1.54, 1.807) is 18.2 Å². The molecule has 21 heavy (non-hydrogen) atoms. The van der Waals surface area contributed by atoms with E-state index in [-0.39, 0.29) is 18.5 Å². The number of sulfone groups is 1. The maximum Gasteiger partial charge on any atom is 0.243 e. The van der Waals surface area contributed by atoms with Crippen LogP contribution in [0.5, 0.6) is 11.5 Å². The van der Waals surface area contributed by atoms with Gasteiger partial charge in [0.25, 0.3) is 0 Å². The number of ether oxygens (including phenoxy) is 2. The molecule has 1 aromatic rings. The third-order valence-corrected chi connectivity index (χ3v) is 3.85. The summed E-state index contributed by atoms with van der Waals surface area (Å²) in [5.74, 6) is 1.16. The van der Waals surface area contributed by atoms with Gasteiger partial charge in [-0.1, -0.05) is 6.07 Å². The molecule has 2 rings (SSSR count). The quantitative estimate of drug-likeness (QED) is 0.625. The molecule has 0 saturated carbocycles. The Kier molecular flexibility index (Phi) is 4.85. The standard InChI is InChI=1S/C14H17NO5S/c1-21(17,18)8-2-7-15-14(16)6-4-11-3-5-12-13(9-11)20-10-19-12/h3-6,9H,2,7-8,10H2,1H3,(H,15,16).